The molecule has 0 radical (unpaired) electrons. The summed E-state index contributed by atoms with van der Waals surface area (Å²) < 4.78 is 10.6. The molecule has 0 aliphatic carbocycles. The van der Waals surface area contributed by atoms with E-state index in [0.717, 1.165) is 0 Å². The molecule has 0 unspecified atom stereocenters. The van der Waals surface area contributed by atoms with Gasteiger partial charge in [0.05, 0.1) is 24.2 Å². The van der Waals surface area contributed by atoms with Crippen LogP contribution in [0, 0.1) is 34.5 Å². The van der Waals surface area contributed by atoms with E-state index in [1.165, 1.54) is 7.11 Å². The van der Waals surface area contributed by atoms with Crippen LogP contribution in [-0.2, 0) is 9.47 Å². The number of methoxy groups -OCH3 is 1. The average molecular weight is 176 g/mol. The molecule has 1 fully saturated rings. The van der Waals surface area contributed by atoms with Crippen LogP contribution < -0.4 is 0 Å². The van der Waals surface area contributed by atoms with Gasteiger partial charge in [0, 0.05) is 7.11 Å². The Kier molecular flexibility index (Phi) is 1.63. The first-order valence-corrected chi connectivity index (χ1v) is 3.99. The molecule has 0 aromatic rings. The fourth-order valence-electron chi connectivity index (χ4n) is 1.89. The summed E-state index contributed by atoms with van der Waals surface area (Å²) in [6.45, 7) is 0. The van der Waals surface area contributed by atoms with E-state index in [1.807, 2.05) is 0 Å². The van der Waals surface area contributed by atoms with Crippen LogP contribution in [0.1, 0.15) is 0 Å². The van der Waals surface area contributed by atoms with Crippen LogP contribution in [0.2, 0.25) is 0 Å². The van der Waals surface area contributed by atoms with Gasteiger partial charge in [0.15, 0.2) is 0 Å². The Hall–Kier alpha value is -1.36. The molecule has 2 bridgehead atoms. The third-order valence-corrected chi connectivity index (χ3v) is 2.59. The van der Waals surface area contributed by atoms with Gasteiger partial charge in [0.25, 0.3) is 0 Å². The highest BCUT2D eigenvalue weighted by Crippen LogP contribution is 2.46. The largest absolute Gasteiger partial charge is 0.349 e. The zero-order valence-corrected chi connectivity index (χ0v) is 7.10. The fourth-order valence-corrected chi connectivity index (χ4v) is 1.89. The molecule has 4 heteroatoms. The summed E-state index contributed by atoms with van der Waals surface area (Å²) in [5.41, 5.74) is 0. The maximum absolute atomic E-state index is 8.89. The minimum atomic E-state index is -0.972. The highest BCUT2D eigenvalue weighted by Gasteiger charge is 2.58. The monoisotopic (exact) mass is 176 g/mol. The molecule has 66 valence electrons. The summed E-state index contributed by atoms with van der Waals surface area (Å²) in [6, 6.07) is 4.14. The first kappa shape index (κ1) is 8.25. The number of nitriles is 2. The van der Waals surface area contributed by atoms with Gasteiger partial charge >= 0.3 is 0 Å². The average Bonchev–Trinajstić information content (AvgIpc) is 2.72. The Morgan fingerprint density at radius 3 is 2.77 bits per heavy atom. The van der Waals surface area contributed by atoms with Gasteiger partial charge in [-0.3, -0.25) is 0 Å². The van der Waals surface area contributed by atoms with Crippen molar-refractivity contribution in [1.82, 2.24) is 0 Å². The first-order valence-electron chi connectivity index (χ1n) is 3.99. The van der Waals surface area contributed by atoms with E-state index in [0.29, 0.717) is 0 Å². The van der Waals surface area contributed by atoms with E-state index >= 15 is 0 Å². The number of hydrogen-bond acceptors (Lipinski definition) is 4. The molecule has 0 spiro atoms. The van der Waals surface area contributed by atoms with E-state index in [2.05, 4.69) is 12.1 Å². The second kappa shape index (κ2) is 2.56. The van der Waals surface area contributed by atoms with E-state index in [-0.39, 0.29) is 6.10 Å². The van der Waals surface area contributed by atoms with Gasteiger partial charge in [-0.05, 0) is 6.08 Å². The second-order valence-corrected chi connectivity index (χ2v) is 3.13. The normalized spacial score (nSPS) is 45.9. The molecule has 1 saturated heterocycles. The molecule has 0 aromatic heterocycles. The lowest BCUT2D eigenvalue weighted by molar-refractivity contribution is -0.169. The minimum absolute atomic E-state index is 0.283. The summed E-state index contributed by atoms with van der Waals surface area (Å²) in [4.78, 5) is 0. The van der Waals surface area contributed by atoms with Gasteiger partial charge in [0.1, 0.15) is 5.92 Å². The maximum Gasteiger partial charge on any atom is 0.205 e. The van der Waals surface area contributed by atoms with Crippen LogP contribution in [0.3, 0.4) is 0 Å². The molecule has 2 heterocycles. The zero-order chi connectivity index (χ0) is 9.47. The fraction of sp³-hybridized carbons (Fsp3) is 0.556. The quantitative estimate of drug-likeness (QED) is 0.548. The third kappa shape index (κ3) is 0.846. The zero-order valence-electron chi connectivity index (χ0n) is 7.10. The smallest absolute Gasteiger partial charge is 0.205 e. The van der Waals surface area contributed by atoms with Crippen LogP contribution in [0.4, 0.5) is 0 Å². The molecule has 13 heavy (non-hydrogen) atoms. The molecule has 0 aromatic carbocycles. The van der Waals surface area contributed by atoms with Crippen molar-refractivity contribution in [3.63, 3.8) is 0 Å². The van der Waals surface area contributed by atoms with Crippen molar-refractivity contribution in [2.45, 2.75) is 11.9 Å². The summed E-state index contributed by atoms with van der Waals surface area (Å²) in [5.74, 6) is -1.90. The van der Waals surface area contributed by atoms with E-state index in [4.69, 9.17) is 20.0 Å². The van der Waals surface area contributed by atoms with Crippen molar-refractivity contribution >= 4 is 0 Å². The summed E-state index contributed by atoms with van der Waals surface area (Å²) >= 11 is 0. The second-order valence-electron chi connectivity index (χ2n) is 3.13. The van der Waals surface area contributed by atoms with Crippen LogP contribution >= 0.6 is 0 Å². The molecule has 0 amide bonds. The Morgan fingerprint density at radius 1 is 1.46 bits per heavy atom. The number of nitrogens with zero attached hydrogens (tertiary/aromatic N) is 2. The predicted molar refractivity (Wildman–Crippen MR) is 42.0 cm³/mol. The Labute approximate surface area is 76.0 Å². The first-order chi connectivity index (χ1) is 6.27. The van der Waals surface area contributed by atoms with E-state index in [9.17, 15) is 0 Å². The van der Waals surface area contributed by atoms with Crippen molar-refractivity contribution in [3.05, 3.63) is 12.2 Å². The van der Waals surface area contributed by atoms with Crippen molar-refractivity contribution in [1.29, 1.82) is 10.5 Å². The molecule has 4 nitrogen and oxygen atoms in total. The maximum atomic E-state index is 8.89. The van der Waals surface area contributed by atoms with Crippen LogP contribution in [0.15, 0.2) is 12.2 Å². The number of fused-ring (bicyclic) bond motifs is 2. The predicted octanol–water partition coefficient (Wildman–Crippen LogP) is 0.577. The summed E-state index contributed by atoms with van der Waals surface area (Å²) in [5, 5.41) is 17.7. The highest BCUT2D eigenvalue weighted by atomic mass is 16.7. The Balaban J connectivity index is 2.40. The molecular weight excluding hydrogens is 168 g/mol. The van der Waals surface area contributed by atoms with Crippen LogP contribution in [-0.4, -0.2) is 19.0 Å². The van der Waals surface area contributed by atoms with Crippen LogP contribution in [0.5, 0.6) is 0 Å². The van der Waals surface area contributed by atoms with Gasteiger partial charge in [-0.2, -0.15) is 10.5 Å². The van der Waals surface area contributed by atoms with Crippen LogP contribution in [0.25, 0.3) is 0 Å². The van der Waals surface area contributed by atoms with Gasteiger partial charge in [0.2, 0.25) is 5.79 Å². The Morgan fingerprint density at radius 2 is 2.23 bits per heavy atom. The lowest BCUT2D eigenvalue weighted by Crippen LogP contribution is -2.35. The van der Waals surface area contributed by atoms with Gasteiger partial charge in [-0.25, -0.2) is 0 Å². The van der Waals surface area contributed by atoms with Crippen molar-refractivity contribution in [3.8, 4) is 12.1 Å². The molecular formula is C9H8N2O2. The minimum Gasteiger partial charge on any atom is -0.349 e. The van der Waals surface area contributed by atoms with Gasteiger partial charge in [-0.15, -0.1) is 0 Å². The van der Waals surface area contributed by atoms with E-state index in [1.54, 1.807) is 12.2 Å². The number of rotatable bonds is 1. The van der Waals surface area contributed by atoms with Crippen molar-refractivity contribution in [2.75, 3.05) is 7.11 Å². The van der Waals surface area contributed by atoms with Crippen molar-refractivity contribution in [2.24, 2.45) is 11.8 Å². The topological polar surface area (TPSA) is 66.0 Å². The number of hydrogen-bond donors (Lipinski definition) is 0. The van der Waals surface area contributed by atoms with E-state index < -0.39 is 17.6 Å². The van der Waals surface area contributed by atoms with Gasteiger partial charge < -0.3 is 9.47 Å². The standard InChI is InChI=1S/C9H8N2O2/c1-12-9-3-2-8(13-9)6(4-10)7(9)5-11/h2-3,6-8H,1H3/t6-,7-,8-,9+/m1/s1. The molecule has 2 rings (SSSR count). The summed E-state index contributed by atoms with van der Waals surface area (Å²) in [6.07, 6.45) is 3.22. The lowest BCUT2D eigenvalue weighted by atomic mass is 9.83. The SMILES string of the molecule is CO[C@@]12C=C[C@@H](O1)[C@H](C#N)[C@H]2C#N. The number of ether oxygens (including phenoxy) is 2. The molecule has 2 aliphatic rings. The Bertz CT molecular complexity index is 339. The molecule has 2 aliphatic heterocycles. The highest BCUT2D eigenvalue weighted by molar-refractivity contribution is 5.27. The third-order valence-electron chi connectivity index (χ3n) is 2.59. The molecule has 0 saturated carbocycles. The lowest BCUT2D eigenvalue weighted by Gasteiger charge is -2.24. The van der Waals surface area contributed by atoms with Gasteiger partial charge in [-0.1, -0.05) is 6.08 Å². The molecule has 4 atom stereocenters. The molecule has 0 N–H and O–H groups in total. The summed E-state index contributed by atoms with van der Waals surface area (Å²) in [7, 11) is 1.48. The van der Waals surface area contributed by atoms with Crippen molar-refractivity contribution < 1.29 is 9.47 Å².